The van der Waals surface area contributed by atoms with E-state index in [0.29, 0.717) is 40.1 Å². The van der Waals surface area contributed by atoms with Crippen LogP contribution in [0.2, 0.25) is 0 Å². The highest BCUT2D eigenvalue weighted by atomic mass is 127. The molecule has 14 nitrogen and oxygen atoms in total. The topological polar surface area (TPSA) is 181 Å². The summed E-state index contributed by atoms with van der Waals surface area (Å²) < 4.78 is 169. The van der Waals surface area contributed by atoms with Gasteiger partial charge in [-0.05, 0) is 34.7 Å². The number of alkyl halides is 9. The van der Waals surface area contributed by atoms with Crippen molar-refractivity contribution in [3.05, 3.63) is 57.4 Å². The van der Waals surface area contributed by atoms with Gasteiger partial charge in [0.25, 0.3) is 0 Å². The third kappa shape index (κ3) is 8.33. The van der Waals surface area contributed by atoms with E-state index in [4.69, 9.17) is 0 Å². The van der Waals surface area contributed by atoms with Crippen molar-refractivity contribution in [3.63, 3.8) is 0 Å². The van der Waals surface area contributed by atoms with Gasteiger partial charge in [0.2, 0.25) is 0 Å². The van der Waals surface area contributed by atoms with Gasteiger partial charge in [-0.1, -0.05) is 13.8 Å². The van der Waals surface area contributed by atoms with Gasteiger partial charge in [0.15, 0.2) is 59.6 Å². The summed E-state index contributed by atoms with van der Waals surface area (Å²) in [5.41, 5.74) is -4.35. The molecule has 6 heterocycles. The summed E-state index contributed by atoms with van der Waals surface area (Å²) in [6.07, 6.45) is -11.4. The zero-order valence-electron chi connectivity index (χ0n) is 28.1. The maximum atomic E-state index is 13.0. The van der Waals surface area contributed by atoms with Crippen LogP contribution in [0.3, 0.4) is 0 Å². The molecule has 294 valence electrons. The van der Waals surface area contributed by atoms with Crippen molar-refractivity contribution >= 4 is 64.9 Å². The standard InChI is InChI=1S/C15H11F6N5O2S.C14H11F3IN5O2S/c1-3-29(27,28)8-4-7(14(16,17)18)5-22-10(8)12-25-11-13(26(12)2)23-6-9(24-11)15(19,20)21;1-3-26(24,25)8-4-7(14(15,16)17)5-19-10(8)12-22-11-13(23(12)2)20-6-9(18)21-11/h4-6H,3H2,1-2H3;4-6H,3H2,1-2H3. The molecule has 6 aromatic rings. The first-order valence-electron chi connectivity index (χ1n) is 15.0. The van der Waals surface area contributed by atoms with Gasteiger partial charge in [-0.3, -0.25) is 9.97 Å². The van der Waals surface area contributed by atoms with Crippen LogP contribution in [0.5, 0.6) is 0 Å². The van der Waals surface area contributed by atoms with Crippen LogP contribution in [0.25, 0.3) is 45.6 Å². The molecule has 6 aromatic heterocycles. The van der Waals surface area contributed by atoms with Crippen molar-refractivity contribution in [2.45, 2.75) is 42.2 Å². The van der Waals surface area contributed by atoms with Crippen LogP contribution >= 0.6 is 22.6 Å². The number of halogens is 10. The Morgan fingerprint density at radius 3 is 1.36 bits per heavy atom. The molecule has 0 radical (unpaired) electrons. The van der Waals surface area contributed by atoms with E-state index in [-0.39, 0.29) is 34.4 Å². The lowest BCUT2D eigenvalue weighted by Crippen LogP contribution is -2.13. The molecular weight excluding hydrogens is 914 g/mol. The van der Waals surface area contributed by atoms with Gasteiger partial charge in [-0.2, -0.15) is 39.5 Å². The molecular formula is C29H22F9IN10O4S2. The molecule has 0 spiro atoms. The minimum Gasteiger partial charge on any atom is -0.309 e. The molecule has 0 aliphatic heterocycles. The number of hydrogen-bond acceptors (Lipinski definition) is 12. The van der Waals surface area contributed by atoms with Crippen LogP contribution in [0.1, 0.15) is 30.7 Å². The Hall–Kier alpha value is -4.60. The Kier molecular flexibility index (Phi) is 10.9. The molecule has 0 amide bonds. The third-order valence-corrected chi connectivity index (χ3v) is 11.6. The monoisotopic (exact) mass is 936 g/mol. The van der Waals surface area contributed by atoms with Gasteiger partial charge < -0.3 is 9.13 Å². The Bertz CT molecular complexity index is 2680. The summed E-state index contributed by atoms with van der Waals surface area (Å²) >= 11 is 1.94. The van der Waals surface area contributed by atoms with Crippen molar-refractivity contribution < 1.29 is 56.3 Å². The molecule has 26 heteroatoms. The van der Waals surface area contributed by atoms with Crippen LogP contribution in [0.4, 0.5) is 39.5 Å². The summed E-state index contributed by atoms with van der Waals surface area (Å²) in [4.78, 5) is 29.5. The predicted octanol–water partition coefficient (Wildman–Crippen LogP) is 6.10. The zero-order chi connectivity index (χ0) is 41.1. The quantitative estimate of drug-likeness (QED) is 0.139. The van der Waals surface area contributed by atoms with Gasteiger partial charge in [-0.25, -0.2) is 46.7 Å². The van der Waals surface area contributed by atoms with Gasteiger partial charge in [0.05, 0.1) is 44.8 Å². The Balaban J connectivity index is 0.000000212. The fourth-order valence-corrected chi connectivity index (χ4v) is 7.26. The maximum Gasteiger partial charge on any atom is 0.434 e. The van der Waals surface area contributed by atoms with Crippen molar-refractivity contribution in [1.29, 1.82) is 0 Å². The van der Waals surface area contributed by atoms with E-state index in [9.17, 15) is 56.3 Å². The molecule has 0 atom stereocenters. The predicted molar refractivity (Wildman–Crippen MR) is 182 cm³/mol. The average Bonchev–Trinajstić information content (AvgIpc) is 3.61. The van der Waals surface area contributed by atoms with Crippen LogP contribution in [0, 0.1) is 3.70 Å². The molecule has 0 aliphatic carbocycles. The number of imidazole rings is 2. The normalized spacial score (nSPS) is 13.0. The lowest BCUT2D eigenvalue weighted by atomic mass is 10.2. The minimum absolute atomic E-state index is 0.0720. The van der Waals surface area contributed by atoms with Crippen molar-refractivity contribution in [1.82, 2.24) is 49.0 Å². The number of rotatable bonds is 6. The second-order valence-corrected chi connectivity index (χ2v) is 16.8. The number of nitrogens with zero attached hydrogens (tertiary/aromatic N) is 10. The molecule has 55 heavy (non-hydrogen) atoms. The van der Waals surface area contributed by atoms with Gasteiger partial charge in [0, 0.05) is 26.5 Å². The Morgan fingerprint density at radius 2 is 0.982 bits per heavy atom. The summed E-state index contributed by atoms with van der Waals surface area (Å²) in [5.74, 6) is -1.12. The molecule has 0 fully saturated rings. The van der Waals surface area contributed by atoms with E-state index in [1.54, 1.807) is 7.05 Å². The summed E-state index contributed by atoms with van der Waals surface area (Å²) in [7, 11) is -5.30. The highest BCUT2D eigenvalue weighted by Gasteiger charge is 2.37. The van der Waals surface area contributed by atoms with E-state index >= 15 is 0 Å². The number of aromatic nitrogens is 10. The van der Waals surface area contributed by atoms with Gasteiger partial charge >= 0.3 is 18.5 Å². The lowest BCUT2D eigenvalue weighted by Gasteiger charge is -2.12. The SMILES string of the molecule is CCS(=O)(=O)c1cc(C(F)(F)F)cnc1-c1nc2nc(C(F)(F)F)cnc2n1C.CCS(=O)(=O)c1cc(C(F)(F)F)cnc1-c1nc2nc(I)cnc2n1C. The van der Waals surface area contributed by atoms with Crippen molar-refractivity contribution in [2.24, 2.45) is 14.1 Å². The molecule has 0 saturated heterocycles. The van der Waals surface area contributed by atoms with E-state index in [0.717, 1.165) is 4.57 Å². The lowest BCUT2D eigenvalue weighted by molar-refractivity contribution is -0.141. The first-order chi connectivity index (χ1) is 25.3. The summed E-state index contributed by atoms with van der Waals surface area (Å²) in [6.45, 7) is 2.58. The number of fused-ring (bicyclic) bond motifs is 2. The maximum absolute atomic E-state index is 13.0. The first kappa shape index (κ1) is 41.6. The summed E-state index contributed by atoms with van der Waals surface area (Å²) in [6, 6.07) is 1.01. The number of pyridine rings is 2. The van der Waals surface area contributed by atoms with Gasteiger partial charge in [-0.15, -0.1) is 0 Å². The van der Waals surface area contributed by atoms with E-state index in [1.807, 2.05) is 22.6 Å². The number of sulfone groups is 2. The average molecular weight is 937 g/mol. The number of aryl methyl sites for hydroxylation is 2. The largest absolute Gasteiger partial charge is 0.434 e. The molecule has 6 rings (SSSR count). The molecule has 0 aliphatic rings. The van der Waals surface area contributed by atoms with E-state index in [1.165, 1.54) is 31.7 Å². The Morgan fingerprint density at radius 1 is 0.582 bits per heavy atom. The fraction of sp³-hybridized carbons (Fsp3) is 0.310. The highest BCUT2D eigenvalue weighted by Crippen LogP contribution is 2.36. The fourth-order valence-electron chi connectivity index (χ4n) is 4.78. The first-order valence-corrected chi connectivity index (χ1v) is 19.4. The Labute approximate surface area is 317 Å². The highest BCUT2D eigenvalue weighted by molar-refractivity contribution is 14.1. The number of hydrogen-bond donors (Lipinski definition) is 0. The zero-order valence-corrected chi connectivity index (χ0v) is 31.9. The van der Waals surface area contributed by atoms with Crippen LogP contribution in [-0.2, 0) is 52.3 Å². The second-order valence-electron chi connectivity index (χ2n) is 11.2. The molecule has 0 bridgehead atoms. The van der Waals surface area contributed by atoms with Crippen LogP contribution in [0.15, 0.2) is 46.7 Å². The molecule has 0 saturated carbocycles. The molecule has 0 N–H and O–H groups in total. The molecule has 0 unspecified atom stereocenters. The van der Waals surface area contributed by atoms with Crippen molar-refractivity contribution in [3.8, 4) is 23.0 Å². The van der Waals surface area contributed by atoms with Gasteiger partial charge in [0.1, 0.15) is 15.1 Å². The minimum atomic E-state index is -4.85. The van der Waals surface area contributed by atoms with Crippen LogP contribution in [-0.4, -0.2) is 77.3 Å². The smallest absolute Gasteiger partial charge is 0.309 e. The van der Waals surface area contributed by atoms with Crippen LogP contribution < -0.4 is 0 Å². The van der Waals surface area contributed by atoms with E-state index < -0.39 is 81.9 Å². The third-order valence-electron chi connectivity index (χ3n) is 7.64. The second kappa shape index (κ2) is 14.5. The molecule has 0 aromatic carbocycles. The van der Waals surface area contributed by atoms with Crippen molar-refractivity contribution in [2.75, 3.05) is 11.5 Å². The van der Waals surface area contributed by atoms with E-state index in [2.05, 4.69) is 39.9 Å². The summed E-state index contributed by atoms with van der Waals surface area (Å²) in [5, 5.41) is 0.